The fraction of sp³-hybridized carbons (Fsp3) is 0.667. The van der Waals surface area contributed by atoms with Crippen LogP contribution in [0.2, 0.25) is 0 Å². The van der Waals surface area contributed by atoms with Crippen molar-refractivity contribution in [2.75, 3.05) is 77.0 Å². The standard InChI is InChI=1S/C27H36F3N5O4/c1-2-39-26(38)34-12-10-33(11-13-34)25(37)21-16-19-15-20(27(28,29)30)5-6-22(19)35-14-9-31(17-23(21)35)18-24(36)32-7-3-4-8-32/h5-6,15,21,23H,2-4,7-14,16-18H2,1H3. The van der Waals surface area contributed by atoms with Gasteiger partial charge in [0, 0.05) is 64.6 Å². The molecular weight excluding hydrogens is 515 g/mol. The van der Waals surface area contributed by atoms with Gasteiger partial charge in [-0.3, -0.25) is 14.5 Å². The van der Waals surface area contributed by atoms with Crippen molar-refractivity contribution in [2.24, 2.45) is 5.92 Å². The van der Waals surface area contributed by atoms with Crippen LogP contribution in [0.3, 0.4) is 0 Å². The Morgan fingerprint density at radius 3 is 2.28 bits per heavy atom. The number of carbonyl (C=O) groups is 3. The highest BCUT2D eigenvalue weighted by Gasteiger charge is 2.44. The van der Waals surface area contributed by atoms with Gasteiger partial charge in [-0.05, 0) is 49.9 Å². The summed E-state index contributed by atoms with van der Waals surface area (Å²) < 4.78 is 45.6. The second-order valence-corrected chi connectivity index (χ2v) is 10.7. The SMILES string of the molecule is CCOC(=O)N1CCN(C(=O)C2Cc3cc(C(F)(F)F)ccc3N3CCN(CC(=O)N4CCCC4)CC23)CC1. The van der Waals surface area contributed by atoms with E-state index in [9.17, 15) is 27.6 Å². The Balaban J connectivity index is 1.35. The zero-order valence-electron chi connectivity index (χ0n) is 22.3. The fourth-order valence-electron chi connectivity index (χ4n) is 6.30. The molecule has 0 aliphatic carbocycles. The number of amides is 3. The van der Waals surface area contributed by atoms with E-state index in [1.165, 1.54) is 12.1 Å². The summed E-state index contributed by atoms with van der Waals surface area (Å²) in [4.78, 5) is 48.1. The molecule has 3 amide bonds. The highest BCUT2D eigenvalue weighted by molar-refractivity contribution is 5.83. The van der Waals surface area contributed by atoms with Crippen molar-refractivity contribution >= 4 is 23.6 Å². The normalized spacial score (nSPS) is 23.9. The molecule has 1 aromatic carbocycles. The lowest BCUT2D eigenvalue weighted by atomic mass is 9.82. The van der Waals surface area contributed by atoms with Gasteiger partial charge in [0.2, 0.25) is 11.8 Å². The van der Waals surface area contributed by atoms with Crippen molar-refractivity contribution in [2.45, 2.75) is 38.4 Å². The number of benzene rings is 1. The minimum atomic E-state index is -4.47. The van der Waals surface area contributed by atoms with Crippen LogP contribution in [0.25, 0.3) is 0 Å². The molecule has 4 aliphatic heterocycles. The Morgan fingerprint density at radius 1 is 0.923 bits per heavy atom. The average molecular weight is 552 g/mol. The van der Waals surface area contributed by atoms with E-state index in [1.807, 2.05) is 4.90 Å². The van der Waals surface area contributed by atoms with Gasteiger partial charge in [0.05, 0.1) is 30.7 Å². The van der Waals surface area contributed by atoms with Gasteiger partial charge in [-0.1, -0.05) is 0 Å². The number of hydrogen-bond donors (Lipinski definition) is 0. The first-order valence-electron chi connectivity index (χ1n) is 13.8. The molecule has 12 heteroatoms. The zero-order chi connectivity index (χ0) is 27.7. The number of anilines is 1. The molecule has 5 rings (SSSR count). The summed E-state index contributed by atoms with van der Waals surface area (Å²) >= 11 is 0. The van der Waals surface area contributed by atoms with Gasteiger partial charge in [-0.25, -0.2) is 4.79 Å². The Bertz CT molecular complexity index is 1090. The number of fused-ring (bicyclic) bond motifs is 3. The van der Waals surface area contributed by atoms with Gasteiger partial charge in [-0.2, -0.15) is 13.2 Å². The molecule has 214 valence electrons. The van der Waals surface area contributed by atoms with Crippen molar-refractivity contribution in [1.82, 2.24) is 19.6 Å². The zero-order valence-corrected chi connectivity index (χ0v) is 22.3. The molecular formula is C27H36F3N5O4. The number of likely N-dealkylation sites (tertiary alicyclic amines) is 1. The van der Waals surface area contributed by atoms with Crippen LogP contribution in [-0.4, -0.2) is 116 Å². The molecule has 2 atom stereocenters. The van der Waals surface area contributed by atoms with Gasteiger partial charge in [0.25, 0.3) is 0 Å². The van der Waals surface area contributed by atoms with Gasteiger partial charge < -0.3 is 24.3 Å². The van der Waals surface area contributed by atoms with Gasteiger partial charge in [0.15, 0.2) is 0 Å². The van der Waals surface area contributed by atoms with Crippen molar-refractivity contribution in [3.05, 3.63) is 29.3 Å². The third-order valence-electron chi connectivity index (χ3n) is 8.38. The van der Waals surface area contributed by atoms with Crippen LogP contribution in [0.15, 0.2) is 18.2 Å². The molecule has 4 aliphatic rings. The quantitative estimate of drug-likeness (QED) is 0.572. The summed E-state index contributed by atoms with van der Waals surface area (Å²) in [5.74, 6) is -0.589. The molecule has 0 radical (unpaired) electrons. The molecule has 2 unspecified atom stereocenters. The average Bonchev–Trinajstić information content (AvgIpc) is 3.47. The van der Waals surface area contributed by atoms with Gasteiger partial charge in [-0.15, -0.1) is 0 Å². The first-order valence-corrected chi connectivity index (χ1v) is 13.8. The molecule has 0 bridgehead atoms. The summed E-state index contributed by atoms with van der Waals surface area (Å²) in [5.41, 5.74) is 0.532. The summed E-state index contributed by atoms with van der Waals surface area (Å²) in [7, 11) is 0. The van der Waals surface area contributed by atoms with Crippen LogP contribution in [0, 0.1) is 5.92 Å². The van der Waals surface area contributed by atoms with Crippen molar-refractivity contribution < 1.29 is 32.3 Å². The Kier molecular flexibility index (Phi) is 7.93. The van der Waals surface area contributed by atoms with E-state index in [4.69, 9.17) is 4.74 Å². The predicted octanol–water partition coefficient (Wildman–Crippen LogP) is 2.29. The van der Waals surface area contributed by atoms with E-state index < -0.39 is 23.8 Å². The smallest absolute Gasteiger partial charge is 0.416 e. The Morgan fingerprint density at radius 2 is 1.62 bits per heavy atom. The van der Waals surface area contributed by atoms with Crippen molar-refractivity contribution in [3.8, 4) is 0 Å². The predicted molar refractivity (Wildman–Crippen MR) is 137 cm³/mol. The molecule has 1 aromatic rings. The van der Waals surface area contributed by atoms with Crippen LogP contribution >= 0.6 is 0 Å². The van der Waals surface area contributed by atoms with E-state index in [1.54, 1.807) is 16.7 Å². The monoisotopic (exact) mass is 551 g/mol. The molecule has 3 fully saturated rings. The molecule has 39 heavy (non-hydrogen) atoms. The first-order chi connectivity index (χ1) is 18.7. The summed E-state index contributed by atoms with van der Waals surface area (Å²) in [6, 6.07) is 3.54. The lowest BCUT2D eigenvalue weighted by Gasteiger charge is -2.50. The largest absolute Gasteiger partial charge is 0.450 e. The maximum Gasteiger partial charge on any atom is 0.416 e. The summed E-state index contributed by atoms with van der Waals surface area (Å²) in [5, 5.41) is 0. The minimum absolute atomic E-state index is 0.0879. The lowest BCUT2D eigenvalue weighted by Crippen LogP contribution is -2.63. The van der Waals surface area contributed by atoms with E-state index in [0.717, 1.165) is 37.7 Å². The first kappa shape index (κ1) is 27.5. The third kappa shape index (κ3) is 5.80. The second kappa shape index (κ2) is 11.2. The van der Waals surface area contributed by atoms with E-state index in [2.05, 4.69) is 9.80 Å². The van der Waals surface area contributed by atoms with Gasteiger partial charge >= 0.3 is 12.3 Å². The molecule has 0 saturated carbocycles. The number of alkyl halides is 3. The van der Waals surface area contributed by atoms with E-state index in [0.29, 0.717) is 51.4 Å². The molecule has 0 aromatic heterocycles. The maximum absolute atomic E-state index is 13.9. The number of piperazine rings is 2. The third-order valence-corrected chi connectivity index (χ3v) is 8.38. The van der Waals surface area contributed by atoms with Crippen LogP contribution in [0.1, 0.15) is 30.9 Å². The molecule has 0 spiro atoms. The summed E-state index contributed by atoms with van der Waals surface area (Å²) in [6.45, 7) is 6.81. The number of ether oxygens (including phenoxy) is 1. The molecule has 9 nitrogen and oxygen atoms in total. The Hall–Kier alpha value is -3.02. The van der Waals surface area contributed by atoms with Crippen LogP contribution in [0.5, 0.6) is 0 Å². The molecule has 4 heterocycles. The van der Waals surface area contributed by atoms with Crippen LogP contribution in [-0.2, 0) is 26.9 Å². The van der Waals surface area contributed by atoms with Gasteiger partial charge in [0.1, 0.15) is 0 Å². The number of rotatable bonds is 4. The lowest BCUT2D eigenvalue weighted by molar-refractivity contribution is -0.138. The molecule has 3 saturated heterocycles. The highest BCUT2D eigenvalue weighted by Crippen LogP contribution is 2.40. The summed E-state index contributed by atoms with van der Waals surface area (Å²) in [6.07, 6.45) is -2.65. The fourth-order valence-corrected chi connectivity index (χ4v) is 6.30. The highest BCUT2D eigenvalue weighted by atomic mass is 19.4. The van der Waals surface area contributed by atoms with Crippen molar-refractivity contribution in [3.63, 3.8) is 0 Å². The minimum Gasteiger partial charge on any atom is -0.450 e. The van der Waals surface area contributed by atoms with E-state index in [-0.39, 0.29) is 37.4 Å². The molecule has 0 N–H and O–H groups in total. The topological polar surface area (TPSA) is 76.6 Å². The maximum atomic E-state index is 13.9. The van der Waals surface area contributed by atoms with Crippen LogP contribution in [0.4, 0.5) is 23.7 Å². The number of halogens is 3. The Labute approximate surface area is 226 Å². The number of carbonyl (C=O) groups excluding carboxylic acids is 3. The van der Waals surface area contributed by atoms with E-state index >= 15 is 0 Å². The van der Waals surface area contributed by atoms with Crippen LogP contribution < -0.4 is 4.90 Å². The number of nitrogens with zero attached hydrogens (tertiary/aromatic N) is 5. The number of hydrogen-bond acceptors (Lipinski definition) is 6. The second-order valence-electron chi connectivity index (χ2n) is 10.7. The van der Waals surface area contributed by atoms with Crippen molar-refractivity contribution in [1.29, 1.82) is 0 Å².